The van der Waals surface area contributed by atoms with Crippen molar-refractivity contribution in [2.45, 2.75) is 38.6 Å². The highest BCUT2D eigenvalue weighted by molar-refractivity contribution is 5.90. The van der Waals surface area contributed by atoms with Gasteiger partial charge in [-0.15, -0.1) is 6.58 Å². The maximum absolute atomic E-state index is 4.66. The topological polar surface area (TPSA) is 49.8 Å². The molecule has 4 heteroatoms. The van der Waals surface area contributed by atoms with Crippen molar-refractivity contribution in [2.75, 3.05) is 17.2 Å². The Kier molecular flexibility index (Phi) is 4.04. The molecule has 1 aromatic heterocycles. The molecule has 1 saturated carbocycles. The lowest BCUT2D eigenvalue weighted by molar-refractivity contribution is 0.745. The number of nitrogens with one attached hydrogen (secondary N) is 2. The highest BCUT2D eigenvalue weighted by atomic mass is 15.2. The molecule has 0 aliphatic heterocycles. The average Bonchev–Trinajstić information content (AvgIpc) is 2.98. The van der Waals surface area contributed by atoms with Crippen LogP contribution in [0.1, 0.15) is 31.2 Å². The van der Waals surface area contributed by atoms with Gasteiger partial charge < -0.3 is 10.6 Å². The molecular weight excluding hydrogens is 260 g/mol. The Labute approximate surface area is 125 Å². The van der Waals surface area contributed by atoms with E-state index in [2.05, 4.69) is 52.3 Å². The number of nitrogens with zero attached hydrogens (tertiary/aromatic N) is 2. The Morgan fingerprint density at radius 2 is 2.10 bits per heavy atom. The van der Waals surface area contributed by atoms with Gasteiger partial charge in [-0.1, -0.05) is 30.5 Å². The number of anilines is 2. The van der Waals surface area contributed by atoms with Crippen molar-refractivity contribution < 1.29 is 0 Å². The third kappa shape index (κ3) is 3.15. The quantitative estimate of drug-likeness (QED) is 0.817. The van der Waals surface area contributed by atoms with Crippen LogP contribution >= 0.6 is 0 Å². The third-order valence-electron chi connectivity index (χ3n) is 3.95. The Morgan fingerprint density at radius 1 is 1.29 bits per heavy atom. The molecule has 3 rings (SSSR count). The third-order valence-corrected chi connectivity index (χ3v) is 3.95. The summed E-state index contributed by atoms with van der Waals surface area (Å²) in [5.74, 6) is 1.61. The zero-order valence-electron chi connectivity index (χ0n) is 12.5. The maximum atomic E-state index is 4.66. The number of fused-ring (bicyclic) bond motifs is 1. The first-order valence-corrected chi connectivity index (χ1v) is 7.66. The minimum absolute atomic E-state index is 0.514. The summed E-state index contributed by atoms with van der Waals surface area (Å²) in [6.07, 6.45) is 6.86. The molecule has 0 radical (unpaired) electrons. The lowest BCUT2D eigenvalue weighted by atomic mass is 10.1. The predicted molar refractivity (Wildman–Crippen MR) is 88.8 cm³/mol. The Bertz CT molecular complexity index is 645. The molecule has 0 unspecified atom stereocenters. The van der Waals surface area contributed by atoms with E-state index in [1.807, 2.05) is 6.08 Å². The first-order chi connectivity index (χ1) is 10.3. The van der Waals surface area contributed by atoms with E-state index in [-0.39, 0.29) is 0 Å². The molecule has 21 heavy (non-hydrogen) atoms. The summed E-state index contributed by atoms with van der Waals surface area (Å²) in [4.78, 5) is 9.32. The van der Waals surface area contributed by atoms with Crippen LogP contribution in [0.2, 0.25) is 0 Å². The Morgan fingerprint density at radius 3 is 2.86 bits per heavy atom. The van der Waals surface area contributed by atoms with Gasteiger partial charge in [0.25, 0.3) is 0 Å². The van der Waals surface area contributed by atoms with Gasteiger partial charge in [-0.3, -0.25) is 0 Å². The fourth-order valence-electron chi connectivity index (χ4n) is 2.86. The molecule has 1 aliphatic carbocycles. The summed E-state index contributed by atoms with van der Waals surface area (Å²) in [6, 6.07) is 6.79. The van der Waals surface area contributed by atoms with Crippen LogP contribution in [0.5, 0.6) is 0 Å². The van der Waals surface area contributed by atoms with Gasteiger partial charge in [0.2, 0.25) is 5.95 Å². The predicted octanol–water partition coefficient (Wildman–Crippen LogP) is 3.89. The number of aromatic nitrogens is 2. The van der Waals surface area contributed by atoms with E-state index in [4.69, 9.17) is 0 Å². The Hall–Kier alpha value is -2.10. The zero-order chi connectivity index (χ0) is 14.7. The van der Waals surface area contributed by atoms with E-state index in [0.717, 1.165) is 22.7 Å². The average molecular weight is 282 g/mol. The maximum Gasteiger partial charge on any atom is 0.225 e. The van der Waals surface area contributed by atoms with Gasteiger partial charge in [0.05, 0.1) is 5.52 Å². The van der Waals surface area contributed by atoms with Crippen LogP contribution in [-0.2, 0) is 0 Å². The van der Waals surface area contributed by atoms with E-state index in [1.165, 1.54) is 31.2 Å². The number of hydrogen-bond acceptors (Lipinski definition) is 4. The molecule has 1 heterocycles. The lowest BCUT2D eigenvalue weighted by Crippen LogP contribution is -2.17. The number of benzene rings is 1. The van der Waals surface area contributed by atoms with Gasteiger partial charge in [0.1, 0.15) is 5.82 Å². The molecule has 1 aromatic carbocycles. The molecule has 0 saturated heterocycles. The van der Waals surface area contributed by atoms with Crippen LogP contribution in [0.4, 0.5) is 11.8 Å². The summed E-state index contributed by atoms with van der Waals surface area (Å²) in [7, 11) is 0. The fraction of sp³-hybridized carbons (Fsp3) is 0.412. The molecule has 0 amide bonds. The van der Waals surface area contributed by atoms with Crippen LogP contribution < -0.4 is 10.6 Å². The molecule has 0 atom stereocenters. The van der Waals surface area contributed by atoms with Crippen LogP contribution in [0.15, 0.2) is 30.9 Å². The largest absolute Gasteiger partial charge is 0.366 e. The highest BCUT2D eigenvalue weighted by Gasteiger charge is 2.16. The molecule has 1 aliphatic rings. The van der Waals surface area contributed by atoms with E-state index >= 15 is 0 Å². The first kappa shape index (κ1) is 13.9. The second-order valence-electron chi connectivity index (χ2n) is 5.71. The van der Waals surface area contributed by atoms with Gasteiger partial charge >= 0.3 is 0 Å². The molecule has 110 valence electrons. The summed E-state index contributed by atoms with van der Waals surface area (Å²) < 4.78 is 0. The van der Waals surface area contributed by atoms with Crippen molar-refractivity contribution >= 4 is 22.7 Å². The van der Waals surface area contributed by atoms with E-state index < -0.39 is 0 Å². The van der Waals surface area contributed by atoms with Crippen LogP contribution in [-0.4, -0.2) is 22.6 Å². The zero-order valence-corrected chi connectivity index (χ0v) is 12.5. The molecule has 1 fully saturated rings. The number of hydrogen-bond donors (Lipinski definition) is 2. The standard InChI is InChI=1S/C17H22N4/c1-3-10-18-16-14-11-12(2)8-9-15(14)20-17(21-16)19-13-6-4-5-7-13/h3,8-9,11,13H,1,4-7,10H2,2H3,(H2,18,19,20,21). The fourth-order valence-corrected chi connectivity index (χ4v) is 2.86. The Balaban J connectivity index is 1.96. The minimum Gasteiger partial charge on any atom is -0.366 e. The second-order valence-corrected chi connectivity index (χ2v) is 5.71. The van der Waals surface area contributed by atoms with Gasteiger partial charge in [0.15, 0.2) is 0 Å². The highest BCUT2D eigenvalue weighted by Crippen LogP contribution is 2.26. The van der Waals surface area contributed by atoms with Crippen molar-refractivity contribution in [3.8, 4) is 0 Å². The first-order valence-electron chi connectivity index (χ1n) is 7.66. The molecule has 2 aromatic rings. The number of rotatable bonds is 5. The summed E-state index contributed by atoms with van der Waals surface area (Å²) in [5, 5.41) is 7.86. The van der Waals surface area contributed by atoms with Gasteiger partial charge in [-0.2, -0.15) is 4.98 Å². The molecule has 0 spiro atoms. The molecule has 0 bridgehead atoms. The molecule has 4 nitrogen and oxygen atoms in total. The summed E-state index contributed by atoms with van der Waals surface area (Å²) in [6.45, 7) is 6.54. The summed E-state index contributed by atoms with van der Waals surface area (Å²) in [5.41, 5.74) is 2.19. The van der Waals surface area contributed by atoms with Crippen LogP contribution in [0.3, 0.4) is 0 Å². The smallest absolute Gasteiger partial charge is 0.225 e. The van der Waals surface area contributed by atoms with Crippen LogP contribution in [0, 0.1) is 6.92 Å². The normalized spacial score (nSPS) is 15.3. The van der Waals surface area contributed by atoms with Crippen molar-refractivity contribution in [3.05, 3.63) is 36.4 Å². The van der Waals surface area contributed by atoms with Crippen molar-refractivity contribution in [1.82, 2.24) is 9.97 Å². The van der Waals surface area contributed by atoms with E-state index in [9.17, 15) is 0 Å². The van der Waals surface area contributed by atoms with Crippen molar-refractivity contribution in [2.24, 2.45) is 0 Å². The molecule has 2 N–H and O–H groups in total. The van der Waals surface area contributed by atoms with Gasteiger partial charge in [-0.05, 0) is 31.9 Å². The molecular formula is C17H22N4. The minimum atomic E-state index is 0.514. The van der Waals surface area contributed by atoms with Gasteiger partial charge in [0, 0.05) is 18.0 Å². The van der Waals surface area contributed by atoms with Crippen LogP contribution in [0.25, 0.3) is 10.9 Å². The van der Waals surface area contributed by atoms with E-state index in [0.29, 0.717) is 12.6 Å². The van der Waals surface area contributed by atoms with E-state index in [1.54, 1.807) is 0 Å². The summed E-state index contributed by atoms with van der Waals surface area (Å²) >= 11 is 0. The monoisotopic (exact) mass is 282 g/mol. The van der Waals surface area contributed by atoms with Crippen molar-refractivity contribution in [1.29, 1.82) is 0 Å². The second kappa shape index (κ2) is 6.12. The SMILES string of the molecule is C=CCNc1nc(NC2CCCC2)nc2ccc(C)cc12. The van der Waals surface area contributed by atoms with Crippen molar-refractivity contribution in [3.63, 3.8) is 0 Å². The number of aryl methyl sites for hydroxylation is 1. The van der Waals surface area contributed by atoms with Gasteiger partial charge in [-0.25, -0.2) is 4.98 Å². The lowest BCUT2D eigenvalue weighted by Gasteiger charge is -2.15.